The molecular formula is C11H17NO4. The molecule has 5 heteroatoms. The van der Waals surface area contributed by atoms with Crippen LogP contribution in [0.25, 0.3) is 0 Å². The molecule has 0 radical (unpaired) electrons. The van der Waals surface area contributed by atoms with E-state index in [9.17, 15) is 9.59 Å². The van der Waals surface area contributed by atoms with Crippen molar-refractivity contribution in [3.8, 4) is 0 Å². The van der Waals surface area contributed by atoms with Gasteiger partial charge in [0, 0.05) is 13.1 Å². The van der Waals surface area contributed by atoms with Gasteiger partial charge in [0.05, 0.1) is 5.41 Å². The summed E-state index contributed by atoms with van der Waals surface area (Å²) in [6.45, 7) is 6.21. The van der Waals surface area contributed by atoms with Crippen molar-refractivity contribution in [2.45, 2.75) is 32.8 Å². The van der Waals surface area contributed by atoms with Crippen LogP contribution < -0.4 is 0 Å². The summed E-state index contributed by atoms with van der Waals surface area (Å²) in [4.78, 5) is 24.2. The van der Waals surface area contributed by atoms with Crippen LogP contribution in [0.4, 0.5) is 4.79 Å². The van der Waals surface area contributed by atoms with Crippen molar-refractivity contribution >= 4 is 12.1 Å². The van der Waals surface area contributed by atoms with Crippen molar-refractivity contribution in [3.05, 3.63) is 0 Å². The van der Waals surface area contributed by atoms with E-state index in [1.54, 1.807) is 20.8 Å². The molecule has 16 heavy (non-hydrogen) atoms. The van der Waals surface area contributed by atoms with Gasteiger partial charge in [0.2, 0.25) is 0 Å². The van der Waals surface area contributed by atoms with Crippen LogP contribution in [0.2, 0.25) is 0 Å². The number of piperidine rings is 1. The third kappa shape index (κ3) is 1.74. The molecule has 1 N–H and O–H groups in total. The number of hydrogen-bond donors (Lipinski definition) is 1. The monoisotopic (exact) mass is 227 g/mol. The normalized spacial score (nSPS) is 32.2. The molecule has 1 saturated carbocycles. The second kappa shape index (κ2) is 3.12. The summed E-state index contributed by atoms with van der Waals surface area (Å²) in [5.74, 6) is -0.666. The van der Waals surface area contributed by atoms with E-state index in [0.29, 0.717) is 19.5 Å². The molecule has 1 heterocycles. The molecule has 2 fully saturated rings. The highest BCUT2D eigenvalue weighted by Gasteiger charge is 2.66. The van der Waals surface area contributed by atoms with Crippen LogP contribution in [0.15, 0.2) is 0 Å². The molecule has 1 aliphatic heterocycles. The predicted molar refractivity (Wildman–Crippen MR) is 56.0 cm³/mol. The summed E-state index contributed by atoms with van der Waals surface area (Å²) >= 11 is 0. The van der Waals surface area contributed by atoms with Crippen LogP contribution in [-0.4, -0.2) is 40.8 Å². The van der Waals surface area contributed by atoms with Crippen LogP contribution >= 0.6 is 0 Å². The SMILES string of the molecule is CC(C)(C)OC(=O)N1CC2C[C@@]2(C(=O)O)C1. The van der Waals surface area contributed by atoms with Gasteiger partial charge in [0.1, 0.15) is 5.60 Å². The van der Waals surface area contributed by atoms with Gasteiger partial charge in [-0.25, -0.2) is 4.79 Å². The number of fused-ring (bicyclic) bond motifs is 1. The van der Waals surface area contributed by atoms with Gasteiger partial charge in [0.15, 0.2) is 0 Å². The summed E-state index contributed by atoms with van der Waals surface area (Å²) in [5.41, 5.74) is -1.20. The van der Waals surface area contributed by atoms with E-state index < -0.39 is 23.1 Å². The highest BCUT2D eigenvalue weighted by molar-refractivity contribution is 5.82. The van der Waals surface area contributed by atoms with E-state index in [1.165, 1.54) is 4.90 Å². The quantitative estimate of drug-likeness (QED) is 0.733. The lowest BCUT2D eigenvalue weighted by atomic mass is 10.1. The van der Waals surface area contributed by atoms with Crippen LogP contribution in [0, 0.1) is 11.3 Å². The lowest BCUT2D eigenvalue weighted by Crippen LogP contribution is -2.38. The maximum atomic E-state index is 11.7. The average Bonchev–Trinajstić information content (AvgIpc) is 2.67. The van der Waals surface area contributed by atoms with Gasteiger partial charge in [-0.05, 0) is 33.1 Å². The summed E-state index contributed by atoms with van der Waals surface area (Å²) < 4.78 is 5.21. The smallest absolute Gasteiger partial charge is 0.410 e. The van der Waals surface area contributed by atoms with E-state index in [0.717, 1.165) is 0 Å². The fraction of sp³-hybridized carbons (Fsp3) is 0.818. The molecule has 1 saturated heterocycles. The molecule has 0 bridgehead atoms. The summed E-state index contributed by atoms with van der Waals surface area (Å²) in [5, 5.41) is 9.07. The zero-order valence-electron chi connectivity index (χ0n) is 9.82. The van der Waals surface area contributed by atoms with Gasteiger partial charge in [-0.1, -0.05) is 0 Å². The van der Waals surface area contributed by atoms with Crippen LogP contribution in [-0.2, 0) is 9.53 Å². The Labute approximate surface area is 94.4 Å². The Hall–Kier alpha value is -1.26. The minimum Gasteiger partial charge on any atom is -0.481 e. The third-order valence-corrected chi connectivity index (χ3v) is 3.22. The maximum absolute atomic E-state index is 11.7. The fourth-order valence-corrected chi connectivity index (χ4v) is 2.28. The summed E-state index contributed by atoms with van der Waals surface area (Å²) in [6, 6.07) is 0. The average molecular weight is 227 g/mol. The number of rotatable bonds is 1. The van der Waals surface area contributed by atoms with Crippen molar-refractivity contribution < 1.29 is 19.4 Å². The molecule has 2 aliphatic rings. The number of likely N-dealkylation sites (tertiary alicyclic amines) is 1. The first-order valence-electron chi connectivity index (χ1n) is 5.46. The maximum Gasteiger partial charge on any atom is 0.410 e. The predicted octanol–water partition coefficient (Wildman–Crippen LogP) is 1.33. The van der Waals surface area contributed by atoms with E-state index in [4.69, 9.17) is 9.84 Å². The number of nitrogens with zero attached hydrogens (tertiary/aromatic N) is 1. The Morgan fingerprint density at radius 3 is 2.50 bits per heavy atom. The molecule has 0 spiro atoms. The molecule has 0 aromatic heterocycles. The minimum atomic E-state index is -0.788. The first-order valence-corrected chi connectivity index (χ1v) is 5.46. The van der Waals surface area contributed by atoms with Gasteiger partial charge in [-0.15, -0.1) is 0 Å². The lowest BCUT2D eigenvalue weighted by molar-refractivity contribution is -0.143. The number of hydrogen-bond acceptors (Lipinski definition) is 3. The van der Waals surface area contributed by atoms with Crippen LogP contribution in [0.1, 0.15) is 27.2 Å². The Bertz CT molecular complexity index is 346. The van der Waals surface area contributed by atoms with Gasteiger partial charge >= 0.3 is 12.1 Å². The number of ether oxygens (including phenoxy) is 1. The zero-order chi connectivity index (χ0) is 12.1. The Morgan fingerprint density at radius 2 is 2.06 bits per heavy atom. The van der Waals surface area contributed by atoms with Gasteiger partial charge in [-0.3, -0.25) is 4.79 Å². The number of carboxylic acids is 1. The van der Waals surface area contributed by atoms with Crippen molar-refractivity contribution in [1.82, 2.24) is 4.90 Å². The molecular weight excluding hydrogens is 210 g/mol. The van der Waals surface area contributed by atoms with Crippen LogP contribution in [0.3, 0.4) is 0 Å². The highest BCUT2D eigenvalue weighted by Crippen LogP contribution is 2.57. The van der Waals surface area contributed by atoms with Crippen molar-refractivity contribution in [2.75, 3.05) is 13.1 Å². The van der Waals surface area contributed by atoms with E-state index in [2.05, 4.69) is 0 Å². The van der Waals surface area contributed by atoms with E-state index >= 15 is 0 Å². The largest absolute Gasteiger partial charge is 0.481 e. The molecule has 0 aromatic rings. The standard InChI is InChI=1S/C11H17NO4/c1-10(2,3)16-9(15)12-5-7-4-11(7,6-12)8(13)14/h7H,4-6H2,1-3H3,(H,13,14)/t7?,11-/m1/s1. The fourth-order valence-electron chi connectivity index (χ4n) is 2.28. The topological polar surface area (TPSA) is 66.8 Å². The number of aliphatic carboxylic acids is 1. The van der Waals surface area contributed by atoms with Gasteiger partial charge in [-0.2, -0.15) is 0 Å². The van der Waals surface area contributed by atoms with Crippen LogP contribution in [0.5, 0.6) is 0 Å². The zero-order valence-corrected chi connectivity index (χ0v) is 9.82. The summed E-state index contributed by atoms with van der Waals surface area (Å²) in [6.07, 6.45) is 0.294. The second-order valence-electron chi connectivity index (χ2n) is 5.72. The first kappa shape index (κ1) is 11.2. The van der Waals surface area contributed by atoms with Gasteiger partial charge in [0.25, 0.3) is 0 Å². The van der Waals surface area contributed by atoms with Crippen molar-refractivity contribution in [3.63, 3.8) is 0 Å². The molecule has 90 valence electrons. The van der Waals surface area contributed by atoms with E-state index in [-0.39, 0.29) is 5.92 Å². The molecule has 5 nitrogen and oxygen atoms in total. The molecule has 2 atom stereocenters. The van der Waals surface area contributed by atoms with Crippen molar-refractivity contribution in [2.24, 2.45) is 11.3 Å². The Morgan fingerprint density at radius 1 is 1.44 bits per heavy atom. The molecule has 2 rings (SSSR count). The van der Waals surface area contributed by atoms with Gasteiger partial charge < -0.3 is 14.7 Å². The number of carbonyl (C=O) groups excluding carboxylic acids is 1. The second-order valence-corrected chi connectivity index (χ2v) is 5.72. The first-order chi connectivity index (χ1) is 7.24. The Kier molecular flexibility index (Phi) is 2.19. The number of carbonyl (C=O) groups is 2. The molecule has 0 aromatic carbocycles. The van der Waals surface area contributed by atoms with Crippen molar-refractivity contribution in [1.29, 1.82) is 0 Å². The molecule has 1 amide bonds. The lowest BCUT2D eigenvalue weighted by Gasteiger charge is -2.25. The Balaban J connectivity index is 1.96. The molecule has 1 unspecified atom stereocenters. The molecule has 1 aliphatic carbocycles. The minimum absolute atomic E-state index is 0.123. The summed E-state index contributed by atoms with van der Waals surface area (Å²) in [7, 11) is 0. The third-order valence-electron chi connectivity index (χ3n) is 3.22. The van der Waals surface area contributed by atoms with E-state index in [1.807, 2.05) is 0 Å². The number of carboxylic acid groups (broad SMARTS) is 1. The number of amides is 1. The highest BCUT2D eigenvalue weighted by atomic mass is 16.6.